The average molecular weight is 234 g/mol. The number of hydrazone groups is 1. The first-order chi connectivity index (χ1) is 4.30. The Morgan fingerprint density at radius 2 is 2.56 bits per heavy atom. The number of allylic oxidation sites excluding steroid dienone is 1. The lowest BCUT2D eigenvalue weighted by Crippen LogP contribution is -1.97. The van der Waals surface area contributed by atoms with Gasteiger partial charge in [0.2, 0.25) is 5.71 Å². The van der Waals surface area contributed by atoms with Gasteiger partial charge in [-0.05, 0) is 8.77 Å². The first-order valence-corrected chi connectivity index (χ1v) is 3.37. The molecule has 0 aliphatic carbocycles. The minimum Gasteiger partial charge on any atom is -0.188 e. The van der Waals surface area contributed by atoms with Crippen LogP contribution in [-0.2, 0) is 0 Å². The Hall–Kier alpha value is -0.480. The maximum absolute atomic E-state index is 3.90. The van der Waals surface area contributed by atoms with Crippen molar-refractivity contribution in [1.29, 1.82) is 0 Å². The third-order valence-electron chi connectivity index (χ3n) is 0.850. The summed E-state index contributed by atoms with van der Waals surface area (Å²) in [5, 5.41) is 3.90. The third-order valence-corrected chi connectivity index (χ3v) is 1.86. The first kappa shape index (κ1) is 6.64. The molecule has 4 heteroatoms. The van der Waals surface area contributed by atoms with E-state index in [9.17, 15) is 0 Å². The van der Waals surface area contributed by atoms with E-state index in [1.165, 1.54) is 6.34 Å². The molecule has 0 N–H and O–H groups in total. The standard InChI is InChI=1S/C5H5IN3/c1-5-2-3-7-4-8-9(5)6/h2,4H,1H3/q+1. The van der Waals surface area contributed by atoms with Gasteiger partial charge in [0, 0.05) is 12.0 Å². The van der Waals surface area contributed by atoms with Gasteiger partial charge in [0.25, 0.3) is 0 Å². The number of hydrogen-bond acceptors (Lipinski definition) is 2. The van der Waals surface area contributed by atoms with Gasteiger partial charge >= 0.3 is 22.9 Å². The second-order valence-corrected chi connectivity index (χ2v) is 2.45. The van der Waals surface area contributed by atoms with Crippen LogP contribution < -0.4 is 0 Å². The second-order valence-electron chi connectivity index (χ2n) is 1.53. The Balaban J connectivity index is 3.06. The fraction of sp³-hybridized carbons (Fsp3) is 0.200. The van der Waals surface area contributed by atoms with Crippen LogP contribution in [-0.4, -0.2) is 20.8 Å². The molecule has 46 valence electrons. The summed E-state index contributed by atoms with van der Waals surface area (Å²) < 4.78 is 1.71. The van der Waals surface area contributed by atoms with Crippen molar-refractivity contribution in [1.82, 2.24) is 0 Å². The predicted octanol–water partition coefficient (Wildman–Crippen LogP) is 0.993. The summed E-state index contributed by atoms with van der Waals surface area (Å²) in [5.41, 5.74) is 1.02. The Morgan fingerprint density at radius 3 is 3.33 bits per heavy atom. The van der Waals surface area contributed by atoms with Gasteiger partial charge < -0.3 is 0 Å². The molecule has 0 radical (unpaired) electrons. The third kappa shape index (κ3) is 1.73. The minimum atomic E-state index is 1.02. The molecule has 0 aromatic heterocycles. The zero-order chi connectivity index (χ0) is 6.69. The Labute approximate surface area is 67.0 Å². The normalized spacial score (nSPS) is 16.7. The van der Waals surface area contributed by atoms with E-state index in [1.807, 2.05) is 6.92 Å². The highest BCUT2D eigenvalue weighted by Crippen LogP contribution is 1.92. The van der Waals surface area contributed by atoms with Crippen LogP contribution in [0.2, 0.25) is 0 Å². The quantitative estimate of drug-likeness (QED) is 0.441. The summed E-state index contributed by atoms with van der Waals surface area (Å²) in [5.74, 6) is 2.69. The summed E-state index contributed by atoms with van der Waals surface area (Å²) in [6.45, 7) is 1.94. The van der Waals surface area contributed by atoms with Gasteiger partial charge in [-0.25, -0.2) is 0 Å². The van der Waals surface area contributed by atoms with Crippen molar-refractivity contribution >= 4 is 40.8 Å². The minimum absolute atomic E-state index is 1.02. The Kier molecular flexibility index (Phi) is 2.13. The van der Waals surface area contributed by atoms with Gasteiger partial charge in [-0.3, -0.25) is 0 Å². The summed E-state index contributed by atoms with van der Waals surface area (Å²) >= 11 is 2.07. The van der Waals surface area contributed by atoms with E-state index in [2.05, 4.69) is 38.8 Å². The van der Waals surface area contributed by atoms with Gasteiger partial charge in [0.05, 0.1) is 6.08 Å². The molecule has 0 bridgehead atoms. The monoisotopic (exact) mass is 234 g/mol. The maximum atomic E-state index is 3.90. The van der Waals surface area contributed by atoms with E-state index in [0.29, 0.717) is 0 Å². The SMILES string of the molecule is CC1=[N+](I)N=CN=C=C1. The largest absolute Gasteiger partial charge is 0.384 e. The molecule has 0 aromatic carbocycles. The fourth-order valence-electron chi connectivity index (χ4n) is 0.380. The van der Waals surface area contributed by atoms with Crippen molar-refractivity contribution in [2.24, 2.45) is 10.1 Å². The molecule has 1 aliphatic rings. The van der Waals surface area contributed by atoms with E-state index >= 15 is 0 Å². The number of rotatable bonds is 0. The molecule has 1 rings (SSSR count). The molecule has 0 saturated heterocycles. The van der Waals surface area contributed by atoms with Crippen LogP contribution in [0.5, 0.6) is 0 Å². The van der Waals surface area contributed by atoms with E-state index in [4.69, 9.17) is 0 Å². The van der Waals surface area contributed by atoms with Crippen LogP contribution in [0.4, 0.5) is 0 Å². The number of hydrogen-bond donors (Lipinski definition) is 0. The Bertz CT molecular complexity index is 233. The zero-order valence-corrected chi connectivity index (χ0v) is 7.03. The van der Waals surface area contributed by atoms with E-state index in [1.54, 1.807) is 8.97 Å². The van der Waals surface area contributed by atoms with Gasteiger partial charge in [0.15, 0.2) is 6.34 Å². The lowest BCUT2D eigenvalue weighted by Gasteiger charge is -1.77. The molecule has 0 amide bonds. The van der Waals surface area contributed by atoms with Crippen molar-refractivity contribution in [3.05, 3.63) is 6.08 Å². The van der Waals surface area contributed by atoms with Crippen LogP contribution in [0.25, 0.3) is 0 Å². The Morgan fingerprint density at radius 1 is 1.78 bits per heavy atom. The van der Waals surface area contributed by atoms with E-state index in [-0.39, 0.29) is 0 Å². The molecule has 0 spiro atoms. The predicted molar refractivity (Wildman–Crippen MR) is 45.5 cm³/mol. The number of aliphatic imine (C=N–C) groups is 1. The molecule has 3 nitrogen and oxygen atoms in total. The average Bonchev–Trinajstić information content (AvgIpc) is 1.99. The van der Waals surface area contributed by atoms with Crippen LogP contribution in [0.1, 0.15) is 6.92 Å². The van der Waals surface area contributed by atoms with Gasteiger partial charge in [-0.15, -0.1) is 0 Å². The van der Waals surface area contributed by atoms with Gasteiger partial charge in [-0.2, -0.15) is 4.99 Å². The highest BCUT2D eigenvalue weighted by molar-refractivity contribution is 14.1. The molecule has 1 aliphatic heterocycles. The highest BCUT2D eigenvalue weighted by Gasteiger charge is 2.02. The van der Waals surface area contributed by atoms with Crippen molar-refractivity contribution in [3.8, 4) is 0 Å². The molecular formula is C5H5IN3+. The smallest absolute Gasteiger partial charge is 0.188 e. The van der Waals surface area contributed by atoms with Crippen molar-refractivity contribution < 1.29 is 2.90 Å². The molecule has 0 aromatic rings. The number of nitrogens with zero attached hydrogens (tertiary/aromatic N) is 3. The van der Waals surface area contributed by atoms with Crippen LogP contribution in [0, 0.1) is 0 Å². The van der Waals surface area contributed by atoms with Gasteiger partial charge in [0.1, 0.15) is 0 Å². The molecule has 0 fully saturated rings. The summed E-state index contributed by atoms with van der Waals surface area (Å²) in [7, 11) is 0. The number of halogens is 1. The topological polar surface area (TPSA) is 27.7 Å². The molecule has 1 heterocycles. The summed E-state index contributed by atoms with van der Waals surface area (Å²) in [6.07, 6.45) is 3.24. The van der Waals surface area contributed by atoms with Crippen LogP contribution in [0.15, 0.2) is 16.2 Å². The molecule has 9 heavy (non-hydrogen) atoms. The molecule has 0 atom stereocenters. The van der Waals surface area contributed by atoms with Crippen LogP contribution in [0.3, 0.4) is 0 Å². The lowest BCUT2D eigenvalue weighted by atomic mass is 10.4. The fourth-order valence-corrected chi connectivity index (χ4v) is 0.630. The molecule has 0 saturated carbocycles. The molecule has 0 unspecified atom stereocenters. The van der Waals surface area contributed by atoms with Crippen molar-refractivity contribution in [2.45, 2.75) is 6.92 Å². The van der Waals surface area contributed by atoms with Crippen LogP contribution >= 0.6 is 22.9 Å². The summed E-state index contributed by atoms with van der Waals surface area (Å²) in [4.78, 5) is 3.71. The zero-order valence-electron chi connectivity index (χ0n) is 4.87. The lowest BCUT2D eigenvalue weighted by molar-refractivity contribution is -0.297. The first-order valence-electron chi connectivity index (χ1n) is 2.41. The maximum Gasteiger partial charge on any atom is 0.384 e. The second kappa shape index (κ2) is 2.89. The van der Waals surface area contributed by atoms with Crippen molar-refractivity contribution in [2.75, 3.05) is 0 Å². The summed E-state index contributed by atoms with van der Waals surface area (Å²) in [6, 6.07) is 0. The van der Waals surface area contributed by atoms with E-state index < -0.39 is 0 Å². The van der Waals surface area contributed by atoms with Crippen molar-refractivity contribution in [3.63, 3.8) is 0 Å². The van der Waals surface area contributed by atoms with E-state index in [0.717, 1.165) is 5.71 Å². The highest BCUT2D eigenvalue weighted by atomic mass is 127. The molecular weight excluding hydrogens is 229 g/mol. The van der Waals surface area contributed by atoms with Gasteiger partial charge in [-0.1, -0.05) is 0 Å².